The number of aromatic nitrogens is 2. The highest BCUT2D eigenvalue weighted by Gasteiger charge is 2.09. The number of imidazole rings is 1. The lowest BCUT2D eigenvalue weighted by Gasteiger charge is -2.04. The lowest BCUT2D eigenvalue weighted by atomic mass is 10.2. The van der Waals surface area contributed by atoms with E-state index in [1.165, 1.54) is 0 Å². The maximum Gasteiger partial charge on any atom is 0.331 e. The van der Waals surface area contributed by atoms with Gasteiger partial charge in [0.1, 0.15) is 5.75 Å². The minimum Gasteiger partial charge on any atom is -0.497 e. The number of halogens is 1. The van der Waals surface area contributed by atoms with Gasteiger partial charge in [-0.15, -0.1) is 0 Å². The highest BCUT2D eigenvalue weighted by Crippen LogP contribution is 2.21. The molecule has 1 N–H and O–H groups in total. The van der Waals surface area contributed by atoms with Gasteiger partial charge in [0.2, 0.25) is 0 Å². The topological polar surface area (TPSA) is 47.0 Å². The second-order valence-corrected chi connectivity index (χ2v) is 4.56. The molecule has 0 amide bonds. The van der Waals surface area contributed by atoms with Crippen LogP contribution in [0.2, 0.25) is 5.02 Å². The molecule has 0 radical (unpaired) electrons. The second kappa shape index (κ2) is 4.48. The van der Waals surface area contributed by atoms with Crippen molar-refractivity contribution in [2.24, 2.45) is 0 Å². The van der Waals surface area contributed by atoms with Crippen LogP contribution in [0.1, 0.15) is 0 Å². The van der Waals surface area contributed by atoms with Gasteiger partial charge in [-0.05, 0) is 36.4 Å². The van der Waals surface area contributed by atoms with E-state index < -0.39 is 0 Å². The van der Waals surface area contributed by atoms with E-state index in [0.717, 1.165) is 16.7 Å². The molecule has 2 aromatic carbocycles. The third kappa shape index (κ3) is 2.00. The predicted octanol–water partition coefficient (Wildman–Crippen LogP) is 2.98. The number of ether oxygens (including phenoxy) is 1. The second-order valence-electron chi connectivity index (χ2n) is 4.13. The van der Waals surface area contributed by atoms with Crippen LogP contribution in [0.25, 0.3) is 16.7 Å². The zero-order chi connectivity index (χ0) is 13.4. The van der Waals surface area contributed by atoms with Crippen molar-refractivity contribution in [3.05, 3.63) is 58.0 Å². The third-order valence-electron chi connectivity index (χ3n) is 2.98. The molecule has 0 saturated carbocycles. The number of nitrogens with one attached hydrogen (secondary N) is 1. The predicted molar refractivity (Wildman–Crippen MR) is 75.5 cm³/mol. The van der Waals surface area contributed by atoms with E-state index in [1.54, 1.807) is 35.9 Å². The number of H-pyrrole nitrogens is 1. The molecule has 0 aliphatic carbocycles. The van der Waals surface area contributed by atoms with Crippen LogP contribution < -0.4 is 10.4 Å². The Balaban J connectivity index is 2.30. The Labute approximate surface area is 114 Å². The van der Waals surface area contributed by atoms with Gasteiger partial charge in [0.05, 0.1) is 23.8 Å². The molecule has 19 heavy (non-hydrogen) atoms. The quantitative estimate of drug-likeness (QED) is 0.781. The van der Waals surface area contributed by atoms with Gasteiger partial charge in [-0.25, -0.2) is 4.79 Å². The lowest BCUT2D eigenvalue weighted by molar-refractivity contribution is 0.415. The van der Waals surface area contributed by atoms with Crippen LogP contribution in [0.5, 0.6) is 5.75 Å². The average molecular weight is 275 g/mol. The number of methoxy groups -OCH3 is 1. The van der Waals surface area contributed by atoms with Crippen molar-refractivity contribution in [1.82, 2.24) is 9.55 Å². The fourth-order valence-corrected chi connectivity index (χ4v) is 2.18. The van der Waals surface area contributed by atoms with Gasteiger partial charge in [-0.3, -0.25) is 4.57 Å². The molecular weight excluding hydrogens is 264 g/mol. The van der Waals surface area contributed by atoms with Crippen LogP contribution in [0.15, 0.2) is 47.3 Å². The highest BCUT2D eigenvalue weighted by atomic mass is 35.5. The van der Waals surface area contributed by atoms with Crippen molar-refractivity contribution >= 4 is 22.6 Å². The van der Waals surface area contributed by atoms with Crippen LogP contribution in [0.3, 0.4) is 0 Å². The number of fused-ring (bicyclic) bond motifs is 1. The van der Waals surface area contributed by atoms with Gasteiger partial charge in [0.15, 0.2) is 0 Å². The molecule has 0 aliphatic rings. The third-order valence-corrected chi connectivity index (χ3v) is 3.23. The van der Waals surface area contributed by atoms with Crippen LogP contribution in [0, 0.1) is 0 Å². The Morgan fingerprint density at radius 3 is 2.58 bits per heavy atom. The van der Waals surface area contributed by atoms with E-state index >= 15 is 0 Å². The smallest absolute Gasteiger partial charge is 0.331 e. The number of rotatable bonds is 2. The molecule has 0 saturated heterocycles. The van der Waals surface area contributed by atoms with Gasteiger partial charge in [-0.2, -0.15) is 0 Å². The highest BCUT2D eigenvalue weighted by molar-refractivity contribution is 6.30. The summed E-state index contributed by atoms with van der Waals surface area (Å²) in [6.45, 7) is 0. The largest absolute Gasteiger partial charge is 0.497 e. The zero-order valence-electron chi connectivity index (χ0n) is 10.2. The van der Waals surface area contributed by atoms with Crippen molar-refractivity contribution in [2.45, 2.75) is 0 Å². The Morgan fingerprint density at radius 2 is 1.89 bits per heavy atom. The van der Waals surface area contributed by atoms with Crippen molar-refractivity contribution in [3.63, 3.8) is 0 Å². The molecular formula is C14H11ClN2O2. The van der Waals surface area contributed by atoms with E-state index in [1.807, 2.05) is 18.2 Å². The summed E-state index contributed by atoms with van der Waals surface area (Å²) in [6, 6.07) is 12.6. The Hall–Kier alpha value is -2.20. The zero-order valence-corrected chi connectivity index (χ0v) is 10.9. The summed E-state index contributed by atoms with van der Waals surface area (Å²) in [6.07, 6.45) is 0. The summed E-state index contributed by atoms with van der Waals surface area (Å²) in [7, 11) is 1.60. The SMILES string of the molecule is COc1ccc2[nH]c(=O)n(-c3ccc(Cl)cc3)c2c1. The van der Waals surface area contributed by atoms with E-state index in [4.69, 9.17) is 16.3 Å². The normalized spacial score (nSPS) is 10.8. The minimum absolute atomic E-state index is 0.189. The summed E-state index contributed by atoms with van der Waals surface area (Å²) in [4.78, 5) is 14.9. The Morgan fingerprint density at radius 1 is 1.16 bits per heavy atom. The number of hydrogen-bond donors (Lipinski definition) is 1. The summed E-state index contributed by atoms with van der Waals surface area (Å²) < 4.78 is 6.78. The van der Waals surface area contributed by atoms with Crippen molar-refractivity contribution < 1.29 is 4.74 Å². The van der Waals surface area contributed by atoms with E-state index in [-0.39, 0.29) is 5.69 Å². The summed E-state index contributed by atoms with van der Waals surface area (Å²) >= 11 is 5.86. The molecule has 0 bridgehead atoms. The van der Waals surface area contributed by atoms with Crippen molar-refractivity contribution in [2.75, 3.05) is 7.11 Å². The van der Waals surface area contributed by atoms with Crippen LogP contribution >= 0.6 is 11.6 Å². The molecule has 96 valence electrons. The first-order valence-corrected chi connectivity index (χ1v) is 6.11. The molecule has 3 rings (SSSR count). The average Bonchev–Trinajstić information content (AvgIpc) is 2.75. The number of hydrogen-bond acceptors (Lipinski definition) is 2. The minimum atomic E-state index is -0.189. The molecule has 0 aliphatic heterocycles. The van der Waals surface area contributed by atoms with Crippen LogP contribution in [-0.4, -0.2) is 16.7 Å². The first-order chi connectivity index (χ1) is 9.19. The molecule has 0 spiro atoms. The fourth-order valence-electron chi connectivity index (χ4n) is 2.06. The van der Waals surface area contributed by atoms with Crippen LogP contribution in [-0.2, 0) is 0 Å². The molecule has 5 heteroatoms. The first-order valence-electron chi connectivity index (χ1n) is 5.74. The molecule has 0 unspecified atom stereocenters. The van der Waals surface area contributed by atoms with Crippen molar-refractivity contribution in [3.8, 4) is 11.4 Å². The summed E-state index contributed by atoms with van der Waals surface area (Å²) in [5.41, 5.74) is 2.10. The molecule has 3 aromatic rings. The standard InChI is InChI=1S/C14H11ClN2O2/c1-19-11-6-7-12-13(8-11)17(14(18)16-12)10-4-2-9(15)3-5-10/h2-8H,1H3,(H,16,18). The maximum absolute atomic E-state index is 12.1. The van der Waals surface area contributed by atoms with Gasteiger partial charge < -0.3 is 9.72 Å². The summed E-state index contributed by atoms with van der Waals surface area (Å²) in [5.74, 6) is 0.703. The Kier molecular flexibility index (Phi) is 2.80. The summed E-state index contributed by atoms with van der Waals surface area (Å²) in [5, 5.41) is 0.634. The van der Waals surface area contributed by atoms with Crippen molar-refractivity contribution in [1.29, 1.82) is 0 Å². The van der Waals surface area contributed by atoms with Gasteiger partial charge >= 0.3 is 5.69 Å². The molecule has 1 heterocycles. The fraction of sp³-hybridized carbons (Fsp3) is 0.0714. The van der Waals surface area contributed by atoms with Gasteiger partial charge in [0, 0.05) is 11.1 Å². The monoisotopic (exact) mass is 274 g/mol. The van der Waals surface area contributed by atoms with E-state index in [0.29, 0.717) is 10.8 Å². The van der Waals surface area contributed by atoms with E-state index in [2.05, 4.69) is 4.98 Å². The first kappa shape index (κ1) is 11.9. The lowest BCUT2D eigenvalue weighted by Crippen LogP contribution is -2.14. The van der Waals surface area contributed by atoms with E-state index in [9.17, 15) is 4.79 Å². The molecule has 4 nitrogen and oxygen atoms in total. The molecule has 1 aromatic heterocycles. The number of nitrogens with zero attached hydrogens (tertiary/aromatic N) is 1. The van der Waals surface area contributed by atoms with Crippen LogP contribution in [0.4, 0.5) is 0 Å². The number of benzene rings is 2. The molecule has 0 fully saturated rings. The maximum atomic E-state index is 12.1. The number of aromatic amines is 1. The van der Waals surface area contributed by atoms with Gasteiger partial charge in [0.25, 0.3) is 0 Å². The van der Waals surface area contributed by atoms with Gasteiger partial charge in [-0.1, -0.05) is 11.6 Å². The molecule has 0 atom stereocenters. The Bertz CT molecular complexity index is 787.